The Morgan fingerprint density at radius 3 is 1.40 bits per heavy atom. The molecule has 2 aliphatic heterocycles. The molecule has 2 heterocycles. The fourth-order valence-corrected chi connectivity index (χ4v) is 8.95. The van der Waals surface area contributed by atoms with Gasteiger partial charge in [0, 0.05) is 50.9 Å². The van der Waals surface area contributed by atoms with Gasteiger partial charge in [-0.25, -0.2) is 9.97 Å². The highest BCUT2D eigenvalue weighted by molar-refractivity contribution is 6.31. The van der Waals surface area contributed by atoms with Crippen molar-refractivity contribution in [3.05, 3.63) is 201 Å². The van der Waals surface area contributed by atoms with Crippen LogP contribution in [-0.2, 0) is 0 Å². The van der Waals surface area contributed by atoms with Crippen LogP contribution in [0, 0.1) is 6.92 Å². The molecule has 2 aliphatic carbocycles. The molecule has 0 bridgehead atoms. The van der Waals surface area contributed by atoms with Gasteiger partial charge in [0.2, 0.25) is 0 Å². The normalized spacial score (nSPS) is 12.0. The molecule has 352 valence electrons. The highest BCUT2D eigenvalue weighted by atomic mass is 35.5. The Balaban J connectivity index is 0.000000176. The number of benzene rings is 8. The number of para-hydroxylation sites is 4. The van der Waals surface area contributed by atoms with Crippen LogP contribution in [0.3, 0.4) is 0 Å². The van der Waals surface area contributed by atoms with E-state index < -0.39 is 0 Å². The average molecular weight is 983 g/mol. The maximum atomic E-state index is 6.23. The van der Waals surface area contributed by atoms with Crippen LogP contribution in [0.25, 0.3) is 56.2 Å². The van der Waals surface area contributed by atoms with E-state index in [0.717, 1.165) is 122 Å². The summed E-state index contributed by atoms with van der Waals surface area (Å²) in [6.45, 7) is 13.1. The molecule has 0 spiro atoms. The van der Waals surface area contributed by atoms with E-state index in [2.05, 4.69) is 112 Å². The first kappa shape index (κ1) is 48.0. The van der Waals surface area contributed by atoms with Gasteiger partial charge in [0.25, 0.3) is 0 Å². The molecule has 0 radical (unpaired) electrons. The number of halogens is 3. The lowest BCUT2D eigenvalue weighted by Crippen LogP contribution is -2.24. The molecule has 6 aromatic carbocycles. The monoisotopic (exact) mass is 981 g/mol. The molecule has 2 N–H and O–H groups in total. The lowest BCUT2D eigenvalue weighted by atomic mass is 10.1. The van der Waals surface area contributed by atoms with Crippen molar-refractivity contribution >= 4 is 79.6 Å². The number of anilines is 4. The summed E-state index contributed by atoms with van der Waals surface area (Å²) >= 11 is 18.4. The van der Waals surface area contributed by atoms with Crippen LogP contribution in [-0.4, -0.2) is 56.7 Å². The van der Waals surface area contributed by atoms with Crippen LogP contribution in [0.15, 0.2) is 180 Å². The predicted octanol–water partition coefficient (Wildman–Crippen LogP) is 14.6. The molecule has 0 aromatic heterocycles. The van der Waals surface area contributed by atoms with Gasteiger partial charge in [-0.15, -0.1) is 0 Å². The molecular weight excluding hydrogens is 929 g/mol. The van der Waals surface area contributed by atoms with Gasteiger partial charge in [0.05, 0.1) is 66.9 Å². The standard InChI is InChI=1S/C32H34ClN5.C26H20Cl2N4/c1-4-37(5-2)20-8-19-34-28-22-32-30(21-29(28)35-25-15-11-23(3)12-16-25)36-27-9-6-7-10-31(27)38(32)26-17-13-24(33)14-18-26;1-2-29-22-16-26-24(15-23(22)30-19-11-7-17(27)8-12-19)31-21-5-3-4-6-25(21)32(26)20-13-9-18(28)10-14-20/h6-7,9-18,21-22,35H,4-5,8,19-20H2,1-3H3;3-16,30H,2H2,1H3. The minimum Gasteiger partial charge on any atom is -0.354 e. The van der Waals surface area contributed by atoms with Crippen molar-refractivity contribution in [2.24, 2.45) is 9.98 Å². The van der Waals surface area contributed by atoms with Crippen molar-refractivity contribution in [2.45, 2.75) is 34.1 Å². The molecule has 0 fully saturated rings. The number of rotatable bonds is 13. The number of nitrogens with zero attached hydrogens (tertiary/aromatic N) is 7. The zero-order valence-electron chi connectivity index (χ0n) is 39.7. The van der Waals surface area contributed by atoms with E-state index in [9.17, 15) is 0 Å². The van der Waals surface area contributed by atoms with E-state index in [1.807, 2.05) is 110 Å². The average Bonchev–Trinajstić information content (AvgIpc) is 3.37. The minimum atomic E-state index is 0.669. The Morgan fingerprint density at radius 2 is 0.943 bits per heavy atom. The quantitative estimate of drug-likeness (QED) is 0.0888. The number of nitrogens with one attached hydrogen (secondary N) is 2. The summed E-state index contributed by atoms with van der Waals surface area (Å²) in [5.41, 5.74) is 14.7. The maximum Gasteiger partial charge on any atom is 0.0900 e. The second-order valence-corrected chi connectivity index (χ2v) is 18.2. The van der Waals surface area contributed by atoms with Gasteiger partial charge >= 0.3 is 0 Å². The van der Waals surface area contributed by atoms with Crippen LogP contribution < -0.4 is 21.3 Å². The second kappa shape index (κ2) is 22.2. The van der Waals surface area contributed by atoms with E-state index in [1.165, 1.54) is 5.56 Å². The Bertz CT molecular complexity index is 3450. The van der Waals surface area contributed by atoms with Crippen molar-refractivity contribution in [2.75, 3.05) is 43.4 Å². The van der Waals surface area contributed by atoms with Gasteiger partial charge in [0.1, 0.15) is 0 Å². The first-order valence-electron chi connectivity index (χ1n) is 23.7. The third-order valence-corrected chi connectivity index (χ3v) is 12.9. The molecule has 10 rings (SSSR count). The van der Waals surface area contributed by atoms with Gasteiger partial charge in [0.15, 0.2) is 0 Å². The highest BCUT2D eigenvalue weighted by Crippen LogP contribution is 2.33. The zero-order chi connectivity index (χ0) is 48.6. The molecule has 6 aromatic rings. The Hall–Kier alpha value is -7.01. The summed E-state index contributed by atoms with van der Waals surface area (Å²) in [5.74, 6) is 0. The van der Waals surface area contributed by atoms with E-state index in [0.29, 0.717) is 21.6 Å². The highest BCUT2D eigenvalue weighted by Gasteiger charge is 2.19. The van der Waals surface area contributed by atoms with Crippen molar-refractivity contribution in [3.63, 3.8) is 0 Å². The van der Waals surface area contributed by atoms with Gasteiger partial charge in [-0.05, 0) is 173 Å². The minimum absolute atomic E-state index is 0.669. The number of fused-ring (bicyclic) bond motifs is 4. The topological polar surface area (TPSA) is 87.7 Å². The van der Waals surface area contributed by atoms with Crippen molar-refractivity contribution in [3.8, 4) is 34.2 Å². The summed E-state index contributed by atoms with van der Waals surface area (Å²) in [5, 5.41) is 11.0. The van der Waals surface area contributed by atoms with E-state index in [-0.39, 0.29) is 0 Å². The lowest BCUT2D eigenvalue weighted by Gasteiger charge is -2.20. The zero-order valence-corrected chi connectivity index (χ0v) is 41.9. The number of hydrogen-bond acceptors (Lipinski definition) is 7. The van der Waals surface area contributed by atoms with Crippen LogP contribution in [0.4, 0.5) is 22.7 Å². The number of aryl methyl sites for hydroxylation is 1. The van der Waals surface area contributed by atoms with E-state index in [4.69, 9.17) is 54.8 Å². The first-order valence-corrected chi connectivity index (χ1v) is 24.8. The fourth-order valence-electron chi connectivity index (χ4n) is 8.57. The molecule has 12 heteroatoms. The van der Waals surface area contributed by atoms with Gasteiger partial charge in [-0.2, -0.15) is 0 Å². The van der Waals surface area contributed by atoms with Crippen LogP contribution >= 0.6 is 34.8 Å². The first-order chi connectivity index (χ1) is 34.2. The van der Waals surface area contributed by atoms with Crippen molar-refractivity contribution in [1.29, 1.82) is 0 Å². The van der Waals surface area contributed by atoms with Gasteiger partial charge < -0.3 is 24.7 Å². The lowest BCUT2D eigenvalue weighted by molar-refractivity contribution is 0.301. The molecule has 0 atom stereocenters. The number of aromatic nitrogens is 4. The Morgan fingerprint density at radius 1 is 0.514 bits per heavy atom. The SMILES string of the molecule is CCN(CC)CCCN=c1cc2n(-c3ccc(Cl)cc3)c3ccccc3nc-2cc1Nc1ccc(C)cc1.CCN=c1cc2n(-c3ccc(Cl)cc3)c3ccccc3nc-2cc1Nc1ccc(Cl)cc1. The second-order valence-electron chi connectivity index (χ2n) is 16.9. The molecule has 0 saturated heterocycles. The summed E-state index contributed by atoms with van der Waals surface area (Å²) in [6, 6.07) is 56.6. The van der Waals surface area contributed by atoms with Crippen molar-refractivity contribution in [1.82, 2.24) is 24.0 Å². The van der Waals surface area contributed by atoms with E-state index in [1.54, 1.807) is 0 Å². The van der Waals surface area contributed by atoms with E-state index >= 15 is 0 Å². The largest absolute Gasteiger partial charge is 0.354 e. The molecule has 0 unspecified atom stereocenters. The molecule has 0 saturated carbocycles. The fraction of sp³-hybridized carbons (Fsp3) is 0.172. The van der Waals surface area contributed by atoms with Crippen LogP contribution in [0.1, 0.15) is 32.8 Å². The Kier molecular flexibility index (Phi) is 15.2. The van der Waals surface area contributed by atoms with Gasteiger partial charge in [-0.3, -0.25) is 9.98 Å². The third kappa shape index (κ3) is 11.0. The third-order valence-electron chi connectivity index (χ3n) is 12.2. The molecule has 9 nitrogen and oxygen atoms in total. The molecular formula is C58H54Cl3N9. The number of hydrogen-bond donors (Lipinski definition) is 2. The molecule has 0 amide bonds. The van der Waals surface area contributed by atoms with Gasteiger partial charge in [-0.1, -0.05) is 90.6 Å². The summed E-state index contributed by atoms with van der Waals surface area (Å²) in [4.78, 5) is 22.3. The smallest absolute Gasteiger partial charge is 0.0900 e. The summed E-state index contributed by atoms with van der Waals surface area (Å²) < 4.78 is 4.45. The summed E-state index contributed by atoms with van der Waals surface area (Å²) in [7, 11) is 0. The molecule has 70 heavy (non-hydrogen) atoms. The van der Waals surface area contributed by atoms with Crippen molar-refractivity contribution < 1.29 is 0 Å². The summed E-state index contributed by atoms with van der Waals surface area (Å²) in [6.07, 6.45) is 1.01. The maximum absolute atomic E-state index is 6.23. The predicted molar refractivity (Wildman–Crippen MR) is 294 cm³/mol. The molecule has 4 aliphatic rings. The van der Waals surface area contributed by atoms with Crippen LogP contribution in [0.5, 0.6) is 0 Å². The van der Waals surface area contributed by atoms with Crippen LogP contribution in [0.2, 0.25) is 15.1 Å². The Labute approximate surface area is 424 Å².